The predicted molar refractivity (Wildman–Crippen MR) is 60.5 cm³/mol. The molecule has 0 radical (unpaired) electrons. The molecule has 1 amide bonds. The molecule has 3 nitrogen and oxygen atoms in total. The summed E-state index contributed by atoms with van der Waals surface area (Å²) < 4.78 is 0. The van der Waals surface area contributed by atoms with Crippen LogP contribution in [0, 0.1) is 11.8 Å². The molecule has 1 aliphatic carbocycles. The van der Waals surface area contributed by atoms with E-state index in [4.69, 9.17) is 0 Å². The molecule has 1 N–H and O–H groups in total. The summed E-state index contributed by atoms with van der Waals surface area (Å²) >= 11 is 0. The molecular weight excluding hydrogens is 188 g/mol. The Hall–Kier alpha value is -0.570. The zero-order valence-corrected chi connectivity index (χ0v) is 9.83. The van der Waals surface area contributed by atoms with Crippen LogP contribution < -0.4 is 5.32 Å². The van der Waals surface area contributed by atoms with Crippen molar-refractivity contribution < 1.29 is 4.79 Å². The maximum Gasteiger partial charge on any atom is 0.227 e. The first-order chi connectivity index (χ1) is 7.18. The van der Waals surface area contributed by atoms with Gasteiger partial charge in [0.25, 0.3) is 0 Å². The van der Waals surface area contributed by atoms with Gasteiger partial charge in [0.05, 0.1) is 5.92 Å². The van der Waals surface area contributed by atoms with Gasteiger partial charge in [-0.1, -0.05) is 6.42 Å². The van der Waals surface area contributed by atoms with Gasteiger partial charge < -0.3 is 10.2 Å². The second kappa shape index (κ2) is 4.52. The highest BCUT2D eigenvalue weighted by Gasteiger charge is 2.32. The van der Waals surface area contributed by atoms with E-state index >= 15 is 0 Å². The minimum atomic E-state index is 0.218. The zero-order valence-electron chi connectivity index (χ0n) is 9.83. The topological polar surface area (TPSA) is 32.3 Å². The molecule has 1 aliphatic heterocycles. The van der Waals surface area contributed by atoms with Crippen molar-refractivity contribution in [3.63, 3.8) is 0 Å². The molecule has 2 fully saturated rings. The number of hydrogen-bond donors (Lipinski definition) is 1. The van der Waals surface area contributed by atoms with E-state index in [1.165, 1.54) is 19.3 Å². The number of hydrogen-bond acceptors (Lipinski definition) is 2. The lowest BCUT2D eigenvalue weighted by molar-refractivity contribution is -0.135. The fourth-order valence-electron chi connectivity index (χ4n) is 2.63. The van der Waals surface area contributed by atoms with E-state index in [9.17, 15) is 4.79 Å². The molecule has 2 aliphatic rings. The Balaban J connectivity index is 1.82. The Kier molecular flexibility index (Phi) is 3.29. The Labute approximate surface area is 92.2 Å². The van der Waals surface area contributed by atoms with E-state index in [0.29, 0.717) is 11.9 Å². The van der Waals surface area contributed by atoms with Crippen LogP contribution in [0.4, 0.5) is 0 Å². The standard InChI is InChI=1S/C12H22N2O/c1-9-11(6-7-13-9)12(15)14(2)8-10-4-3-5-10/h9-11,13H,3-8H2,1-2H3. The summed E-state index contributed by atoms with van der Waals surface area (Å²) in [6.45, 7) is 4.09. The first kappa shape index (κ1) is 10.9. The number of carbonyl (C=O) groups excluding carboxylic acids is 1. The molecule has 1 saturated heterocycles. The number of nitrogens with zero attached hydrogens (tertiary/aromatic N) is 1. The van der Waals surface area contributed by atoms with Crippen LogP contribution >= 0.6 is 0 Å². The van der Waals surface area contributed by atoms with Gasteiger partial charge in [-0.3, -0.25) is 4.79 Å². The van der Waals surface area contributed by atoms with Gasteiger partial charge in [-0.2, -0.15) is 0 Å². The Bertz CT molecular complexity index is 238. The van der Waals surface area contributed by atoms with Crippen LogP contribution in [0.2, 0.25) is 0 Å². The molecule has 2 atom stereocenters. The molecule has 3 heteroatoms. The van der Waals surface area contributed by atoms with E-state index in [-0.39, 0.29) is 5.92 Å². The molecule has 1 heterocycles. The smallest absolute Gasteiger partial charge is 0.227 e. The quantitative estimate of drug-likeness (QED) is 0.760. The van der Waals surface area contributed by atoms with Crippen molar-refractivity contribution in [3.8, 4) is 0 Å². The highest BCUT2D eigenvalue weighted by atomic mass is 16.2. The molecule has 0 aromatic heterocycles. The molecule has 0 bridgehead atoms. The lowest BCUT2D eigenvalue weighted by Gasteiger charge is -2.32. The van der Waals surface area contributed by atoms with Crippen LogP contribution in [-0.4, -0.2) is 37.0 Å². The molecule has 0 spiro atoms. The minimum Gasteiger partial charge on any atom is -0.345 e. The summed E-state index contributed by atoms with van der Waals surface area (Å²) in [7, 11) is 1.96. The SMILES string of the molecule is CC1NCCC1C(=O)N(C)CC1CCC1. The first-order valence-electron chi connectivity index (χ1n) is 6.17. The van der Waals surface area contributed by atoms with Crippen molar-refractivity contribution in [2.75, 3.05) is 20.1 Å². The van der Waals surface area contributed by atoms with Gasteiger partial charge in [-0.05, 0) is 38.6 Å². The molecule has 2 rings (SSSR count). The van der Waals surface area contributed by atoms with Crippen molar-refractivity contribution in [1.82, 2.24) is 10.2 Å². The fraction of sp³-hybridized carbons (Fsp3) is 0.917. The third-order valence-electron chi connectivity index (χ3n) is 3.98. The third kappa shape index (κ3) is 2.33. The molecule has 2 unspecified atom stereocenters. The van der Waals surface area contributed by atoms with E-state index in [1.807, 2.05) is 11.9 Å². The van der Waals surface area contributed by atoms with E-state index in [1.54, 1.807) is 0 Å². The van der Waals surface area contributed by atoms with Crippen LogP contribution in [0.5, 0.6) is 0 Å². The fourth-order valence-corrected chi connectivity index (χ4v) is 2.63. The van der Waals surface area contributed by atoms with Crippen LogP contribution in [-0.2, 0) is 4.79 Å². The summed E-state index contributed by atoms with van der Waals surface area (Å²) in [5, 5.41) is 3.34. The van der Waals surface area contributed by atoms with Crippen LogP contribution in [0.15, 0.2) is 0 Å². The van der Waals surface area contributed by atoms with Gasteiger partial charge in [0, 0.05) is 19.6 Å². The summed E-state index contributed by atoms with van der Waals surface area (Å²) in [5.41, 5.74) is 0. The number of rotatable bonds is 3. The number of carbonyl (C=O) groups is 1. The molecule has 15 heavy (non-hydrogen) atoms. The lowest BCUT2D eigenvalue weighted by Crippen LogP contribution is -2.41. The molecule has 0 aromatic rings. The van der Waals surface area contributed by atoms with E-state index in [0.717, 1.165) is 25.4 Å². The lowest BCUT2D eigenvalue weighted by atomic mass is 9.85. The second-order valence-electron chi connectivity index (χ2n) is 5.15. The van der Waals surface area contributed by atoms with Crippen LogP contribution in [0.25, 0.3) is 0 Å². The largest absolute Gasteiger partial charge is 0.345 e. The summed E-state index contributed by atoms with van der Waals surface area (Å²) in [6.07, 6.45) is 5.00. The van der Waals surface area contributed by atoms with Crippen LogP contribution in [0.1, 0.15) is 32.6 Å². The van der Waals surface area contributed by atoms with Crippen molar-refractivity contribution >= 4 is 5.91 Å². The average molecular weight is 210 g/mol. The van der Waals surface area contributed by atoms with Gasteiger partial charge in [0.15, 0.2) is 0 Å². The normalized spacial score (nSPS) is 31.3. The maximum atomic E-state index is 12.1. The van der Waals surface area contributed by atoms with Crippen molar-refractivity contribution in [2.24, 2.45) is 11.8 Å². The summed E-state index contributed by atoms with van der Waals surface area (Å²) in [5.74, 6) is 1.35. The van der Waals surface area contributed by atoms with Crippen molar-refractivity contribution in [2.45, 2.75) is 38.6 Å². The van der Waals surface area contributed by atoms with Crippen molar-refractivity contribution in [3.05, 3.63) is 0 Å². The minimum absolute atomic E-state index is 0.218. The molecule has 1 saturated carbocycles. The zero-order chi connectivity index (χ0) is 10.8. The van der Waals surface area contributed by atoms with Gasteiger partial charge in [0.2, 0.25) is 5.91 Å². The summed E-state index contributed by atoms with van der Waals surface area (Å²) in [6, 6.07) is 0.362. The molecule has 0 aromatic carbocycles. The Morgan fingerprint density at radius 3 is 2.60 bits per heavy atom. The average Bonchev–Trinajstić information content (AvgIpc) is 2.56. The third-order valence-corrected chi connectivity index (χ3v) is 3.98. The van der Waals surface area contributed by atoms with Gasteiger partial charge in [0.1, 0.15) is 0 Å². The number of nitrogens with one attached hydrogen (secondary N) is 1. The second-order valence-corrected chi connectivity index (χ2v) is 5.15. The van der Waals surface area contributed by atoms with E-state index < -0.39 is 0 Å². The monoisotopic (exact) mass is 210 g/mol. The van der Waals surface area contributed by atoms with Gasteiger partial charge in [-0.15, -0.1) is 0 Å². The van der Waals surface area contributed by atoms with Gasteiger partial charge in [-0.25, -0.2) is 0 Å². The Morgan fingerprint density at radius 1 is 1.40 bits per heavy atom. The highest BCUT2D eigenvalue weighted by molar-refractivity contribution is 5.79. The predicted octanol–water partition coefficient (Wildman–Crippen LogP) is 1.24. The van der Waals surface area contributed by atoms with Crippen molar-refractivity contribution in [1.29, 1.82) is 0 Å². The number of amides is 1. The first-order valence-corrected chi connectivity index (χ1v) is 6.17. The van der Waals surface area contributed by atoms with E-state index in [2.05, 4.69) is 12.2 Å². The summed E-state index contributed by atoms with van der Waals surface area (Å²) in [4.78, 5) is 14.1. The highest BCUT2D eigenvalue weighted by Crippen LogP contribution is 2.27. The molecular formula is C12H22N2O. The van der Waals surface area contributed by atoms with Crippen LogP contribution in [0.3, 0.4) is 0 Å². The van der Waals surface area contributed by atoms with Gasteiger partial charge >= 0.3 is 0 Å². The maximum absolute atomic E-state index is 12.1. The molecule has 86 valence electrons. The Morgan fingerprint density at radius 2 is 2.13 bits per heavy atom.